The highest BCUT2D eigenvalue weighted by atomic mass is 35.5. The van der Waals surface area contributed by atoms with Gasteiger partial charge in [-0.1, -0.05) is 17.7 Å². The molecule has 1 unspecified atom stereocenters. The van der Waals surface area contributed by atoms with Crippen molar-refractivity contribution in [1.29, 1.82) is 0 Å². The van der Waals surface area contributed by atoms with E-state index >= 15 is 0 Å². The lowest BCUT2D eigenvalue weighted by Crippen LogP contribution is -2.44. The number of amides is 1. The van der Waals surface area contributed by atoms with Crippen molar-refractivity contribution in [1.82, 2.24) is 10.2 Å². The van der Waals surface area contributed by atoms with E-state index in [4.69, 9.17) is 11.6 Å². The molecule has 4 heteroatoms. The summed E-state index contributed by atoms with van der Waals surface area (Å²) in [4.78, 5) is 13.9. The maximum absolute atomic E-state index is 12.1. The molecule has 0 spiro atoms. The number of carbonyl (C=O) groups is 1. The topological polar surface area (TPSA) is 32.3 Å². The molecule has 1 aromatic carbocycles. The number of hydrogen-bond acceptors (Lipinski definition) is 2. The van der Waals surface area contributed by atoms with Crippen molar-refractivity contribution in [2.45, 2.75) is 40.3 Å². The summed E-state index contributed by atoms with van der Waals surface area (Å²) in [6.45, 7) is 10.1. The molecule has 1 rings (SSSR count). The third kappa shape index (κ3) is 4.51. The molecule has 0 heterocycles. The third-order valence-electron chi connectivity index (χ3n) is 3.35. The van der Waals surface area contributed by atoms with Crippen LogP contribution in [0, 0.1) is 6.92 Å². The summed E-state index contributed by atoms with van der Waals surface area (Å²) >= 11 is 5.93. The van der Waals surface area contributed by atoms with Crippen LogP contribution in [0.1, 0.15) is 31.9 Å². The van der Waals surface area contributed by atoms with Crippen LogP contribution in [-0.2, 0) is 11.3 Å². The standard InChI is InChI=1S/C15H23ClN2O/c1-5-18(6-2)15(19)12(4)17-10-13-7-8-14(16)9-11(13)3/h7-9,12,17H,5-6,10H2,1-4H3. The maximum atomic E-state index is 12.1. The van der Waals surface area contributed by atoms with Crippen molar-refractivity contribution in [3.05, 3.63) is 34.3 Å². The van der Waals surface area contributed by atoms with E-state index in [1.54, 1.807) is 0 Å². The molecule has 0 bridgehead atoms. The minimum atomic E-state index is -0.171. The quantitative estimate of drug-likeness (QED) is 0.870. The Bertz CT molecular complexity index is 430. The van der Waals surface area contributed by atoms with E-state index in [0.29, 0.717) is 6.54 Å². The van der Waals surface area contributed by atoms with Gasteiger partial charge >= 0.3 is 0 Å². The average Bonchev–Trinajstić information content (AvgIpc) is 2.38. The minimum Gasteiger partial charge on any atom is -0.342 e. The normalized spacial score (nSPS) is 12.3. The van der Waals surface area contributed by atoms with Gasteiger partial charge in [-0.2, -0.15) is 0 Å². The van der Waals surface area contributed by atoms with Crippen LogP contribution < -0.4 is 5.32 Å². The van der Waals surface area contributed by atoms with Crippen molar-refractivity contribution in [3.63, 3.8) is 0 Å². The van der Waals surface area contributed by atoms with E-state index in [1.807, 2.05) is 50.8 Å². The molecule has 0 aliphatic heterocycles. The minimum absolute atomic E-state index is 0.150. The van der Waals surface area contributed by atoms with Gasteiger partial charge in [0, 0.05) is 24.7 Å². The van der Waals surface area contributed by atoms with Crippen molar-refractivity contribution in [2.24, 2.45) is 0 Å². The molecule has 0 radical (unpaired) electrons. The van der Waals surface area contributed by atoms with E-state index < -0.39 is 0 Å². The fourth-order valence-corrected chi connectivity index (χ4v) is 2.24. The number of hydrogen-bond donors (Lipinski definition) is 1. The second kappa shape index (κ2) is 7.51. The van der Waals surface area contributed by atoms with E-state index in [1.165, 1.54) is 5.56 Å². The number of halogens is 1. The Labute approximate surface area is 120 Å². The first kappa shape index (κ1) is 16.0. The van der Waals surface area contributed by atoms with Gasteiger partial charge in [0.2, 0.25) is 5.91 Å². The molecule has 1 N–H and O–H groups in total. The lowest BCUT2D eigenvalue weighted by atomic mass is 10.1. The van der Waals surface area contributed by atoms with Crippen LogP contribution in [0.5, 0.6) is 0 Å². The molecule has 19 heavy (non-hydrogen) atoms. The van der Waals surface area contributed by atoms with Crippen LogP contribution in [0.2, 0.25) is 5.02 Å². The van der Waals surface area contributed by atoms with Crippen LogP contribution in [-0.4, -0.2) is 29.9 Å². The van der Waals surface area contributed by atoms with Crippen LogP contribution in [0.15, 0.2) is 18.2 Å². The number of rotatable bonds is 6. The summed E-state index contributed by atoms with van der Waals surface area (Å²) in [5.74, 6) is 0.150. The Hall–Kier alpha value is -1.06. The highest BCUT2D eigenvalue weighted by Gasteiger charge is 2.17. The second-order valence-electron chi connectivity index (χ2n) is 4.68. The molecular weight excluding hydrogens is 260 g/mol. The molecule has 1 aromatic rings. The molecule has 0 saturated heterocycles. The maximum Gasteiger partial charge on any atom is 0.239 e. The predicted molar refractivity (Wildman–Crippen MR) is 80.4 cm³/mol. The van der Waals surface area contributed by atoms with Crippen LogP contribution >= 0.6 is 11.6 Å². The highest BCUT2D eigenvalue weighted by molar-refractivity contribution is 6.30. The van der Waals surface area contributed by atoms with Crippen molar-refractivity contribution < 1.29 is 4.79 Å². The highest BCUT2D eigenvalue weighted by Crippen LogP contribution is 2.15. The summed E-state index contributed by atoms with van der Waals surface area (Å²) in [5.41, 5.74) is 2.31. The first-order chi connectivity index (χ1) is 8.99. The number of nitrogens with zero attached hydrogens (tertiary/aromatic N) is 1. The van der Waals surface area contributed by atoms with Crippen molar-refractivity contribution in [2.75, 3.05) is 13.1 Å². The monoisotopic (exact) mass is 282 g/mol. The Balaban J connectivity index is 2.58. The van der Waals surface area contributed by atoms with Gasteiger partial charge in [0.05, 0.1) is 6.04 Å². The lowest BCUT2D eigenvalue weighted by molar-refractivity contribution is -0.132. The molecule has 0 aliphatic carbocycles. The van der Waals surface area contributed by atoms with Gasteiger partial charge in [-0.05, 0) is 51.0 Å². The van der Waals surface area contributed by atoms with E-state index in [2.05, 4.69) is 5.32 Å². The van der Waals surface area contributed by atoms with E-state index in [9.17, 15) is 4.79 Å². The molecule has 0 aromatic heterocycles. The van der Waals surface area contributed by atoms with Gasteiger partial charge < -0.3 is 10.2 Å². The summed E-state index contributed by atoms with van der Waals surface area (Å²) in [5, 5.41) is 4.02. The zero-order valence-corrected chi connectivity index (χ0v) is 12.9. The smallest absolute Gasteiger partial charge is 0.239 e. The van der Waals surface area contributed by atoms with Gasteiger partial charge in [0.25, 0.3) is 0 Å². The van der Waals surface area contributed by atoms with Gasteiger partial charge in [-0.25, -0.2) is 0 Å². The molecule has 1 atom stereocenters. The largest absolute Gasteiger partial charge is 0.342 e. The second-order valence-corrected chi connectivity index (χ2v) is 5.12. The molecule has 0 aliphatic rings. The van der Waals surface area contributed by atoms with E-state index in [-0.39, 0.29) is 11.9 Å². The van der Waals surface area contributed by atoms with E-state index in [0.717, 1.165) is 23.7 Å². The number of likely N-dealkylation sites (N-methyl/N-ethyl adjacent to an activating group) is 1. The first-order valence-corrected chi connectivity index (χ1v) is 7.14. The van der Waals surface area contributed by atoms with Crippen LogP contribution in [0.4, 0.5) is 0 Å². The first-order valence-electron chi connectivity index (χ1n) is 6.76. The van der Waals surface area contributed by atoms with Crippen LogP contribution in [0.3, 0.4) is 0 Å². The van der Waals surface area contributed by atoms with Crippen molar-refractivity contribution in [3.8, 4) is 0 Å². The zero-order valence-electron chi connectivity index (χ0n) is 12.2. The average molecular weight is 283 g/mol. The SMILES string of the molecule is CCN(CC)C(=O)C(C)NCc1ccc(Cl)cc1C. The lowest BCUT2D eigenvalue weighted by Gasteiger charge is -2.23. The van der Waals surface area contributed by atoms with Gasteiger partial charge in [0.1, 0.15) is 0 Å². The summed E-state index contributed by atoms with van der Waals surface area (Å²) < 4.78 is 0. The number of nitrogens with one attached hydrogen (secondary N) is 1. The number of carbonyl (C=O) groups excluding carboxylic acids is 1. The third-order valence-corrected chi connectivity index (χ3v) is 3.58. The number of aryl methyl sites for hydroxylation is 1. The molecule has 0 fully saturated rings. The Kier molecular flexibility index (Phi) is 6.32. The van der Waals surface area contributed by atoms with Gasteiger partial charge in [0.15, 0.2) is 0 Å². The van der Waals surface area contributed by atoms with Crippen molar-refractivity contribution >= 4 is 17.5 Å². The molecule has 1 amide bonds. The predicted octanol–water partition coefficient (Wildman–Crippen LogP) is 2.99. The van der Waals surface area contributed by atoms with Gasteiger partial charge in [-0.3, -0.25) is 4.79 Å². The zero-order chi connectivity index (χ0) is 14.4. The molecular formula is C15H23ClN2O. The Morgan fingerprint density at radius 3 is 2.53 bits per heavy atom. The van der Waals surface area contributed by atoms with Crippen LogP contribution in [0.25, 0.3) is 0 Å². The summed E-state index contributed by atoms with van der Waals surface area (Å²) in [7, 11) is 0. The summed E-state index contributed by atoms with van der Waals surface area (Å²) in [6, 6.07) is 5.65. The Morgan fingerprint density at radius 1 is 1.37 bits per heavy atom. The fraction of sp³-hybridized carbons (Fsp3) is 0.533. The molecule has 0 saturated carbocycles. The van der Waals surface area contributed by atoms with Gasteiger partial charge in [-0.15, -0.1) is 0 Å². The Morgan fingerprint density at radius 2 is 2.00 bits per heavy atom. The molecule has 3 nitrogen and oxygen atoms in total. The number of benzene rings is 1. The fourth-order valence-electron chi connectivity index (χ4n) is 2.02. The summed E-state index contributed by atoms with van der Waals surface area (Å²) in [6.07, 6.45) is 0. The molecule has 106 valence electrons.